The Labute approximate surface area is 267 Å². The van der Waals surface area contributed by atoms with Crippen molar-refractivity contribution < 1.29 is 0 Å². The molecule has 0 N–H and O–H groups in total. The summed E-state index contributed by atoms with van der Waals surface area (Å²) in [6, 6.07) is 47.7. The summed E-state index contributed by atoms with van der Waals surface area (Å²) in [4.78, 5) is 8.06. The predicted octanol–water partition coefficient (Wildman–Crippen LogP) is 8.04. The molecule has 5 aromatic carbocycles. The van der Waals surface area contributed by atoms with E-state index in [4.69, 9.17) is 0 Å². The number of fused-ring (bicyclic) bond motifs is 4. The minimum absolute atomic E-state index is 0.305. The van der Waals surface area contributed by atoms with E-state index in [-0.39, 0.29) is 0 Å². The summed E-state index contributed by atoms with van der Waals surface area (Å²) >= 11 is 0. The first kappa shape index (κ1) is 28.1. The van der Waals surface area contributed by atoms with Crippen LogP contribution in [0.2, 0.25) is 0 Å². The van der Waals surface area contributed by atoms with Gasteiger partial charge in [0.25, 0.3) is 0 Å². The SMILES string of the molecule is Cn1c2ccccc2c2cc([C@H]3[C@H](CN4CCN(c5ccccc5)CC4)c4ccccc4CN3CCc3ccccc3)ccc21. The average molecular weight is 591 g/mol. The number of benzene rings is 5. The molecule has 2 aliphatic heterocycles. The summed E-state index contributed by atoms with van der Waals surface area (Å²) in [6.45, 7) is 7.42. The molecule has 2 atom stereocenters. The molecule has 4 nitrogen and oxygen atoms in total. The van der Waals surface area contributed by atoms with E-state index < -0.39 is 0 Å². The molecule has 6 aromatic rings. The van der Waals surface area contributed by atoms with Gasteiger partial charge in [-0.05, 0) is 59.0 Å². The van der Waals surface area contributed by atoms with Crippen LogP contribution in [-0.4, -0.2) is 53.6 Å². The normalized spacial score (nSPS) is 19.3. The second-order valence-electron chi connectivity index (χ2n) is 12.9. The fraction of sp³-hybridized carbons (Fsp3) is 0.268. The standard InChI is InChI=1S/C41H42N4/c1-42-39-19-11-10-18-36(39)37-28-32(20-21-40(37)42)41-38(30-43-24-26-44(27-25-43)34-15-6-3-7-16-34)35-17-9-8-14-33(35)29-45(41)23-22-31-12-4-2-5-13-31/h2-21,28,38,41H,22-27,29-30H2,1H3/t38-,41+/m1/s1. The van der Waals surface area contributed by atoms with Crippen molar-refractivity contribution >= 4 is 27.5 Å². The van der Waals surface area contributed by atoms with Crippen molar-refractivity contribution in [3.63, 3.8) is 0 Å². The van der Waals surface area contributed by atoms with Crippen LogP contribution < -0.4 is 4.90 Å². The molecular formula is C41H42N4. The van der Waals surface area contributed by atoms with E-state index in [0.29, 0.717) is 12.0 Å². The number of aromatic nitrogens is 1. The number of rotatable bonds is 7. The lowest BCUT2D eigenvalue weighted by molar-refractivity contribution is 0.118. The zero-order valence-electron chi connectivity index (χ0n) is 26.2. The van der Waals surface area contributed by atoms with Gasteiger partial charge in [0.15, 0.2) is 0 Å². The van der Waals surface area contributed by atoms with E-state index in [0.717, 1.165) is 52.2 Å². The summed E-state index contributed by atoms with van der Waals surface area (Å²) in [5.74, 6) is 0.390. The van der Waals surface area contributed by atoms with Gasteiger partial charge in [-0.1, -0.05) is 97.1 Å². The second kappa shape index (κ2) is 12.2. The Morgan fingerprint density at radius 2 is 1.33 bits per heavy atom. The lowest BCUT2D eigenvalue weighted by atomic mass is 9.79. The Kier molecular flexibility index (Phi) is 7.62. The minimum Gasteiger partial charge on any atom is -0.369 e. The molecule has 8 rings (SSSR count). The van der Waals surface area contributed by atoms with Gasteiger partial charge in [0.1, 0.15) is 0 Å². The third-order valence-electron chi connectivity index (χ3n) is 10.4. The number of anilines is 1. The van der Waals surface area contributed by atoms with Crippen LogP contribution in [0.1, 0.15) is 34.2 Å². The topological polar surface area (TPSA) is 14.7 Å². The molecule has 45 heavy (non-hydrogen) atoms. The van der Waals surface area contributed by atoms with Crippen molar-refractivity contribution in [3.8, 4) is 0 Å². The van der Waals surface area contributed by atoms with E-state index >= 15 is 0 Å². The number of para-hydroxylation sites is 2. The first-order valence-corrected chi connectivity index (χ1v) is 16.6. The van der Waals surface area contributed by atoms with Gasteiger partial charge in [-0.2, -0.15) is 0 Å². The number of piperazine rings is 1. The molecule has 1 fully saturated rings. The zero-order chi connectivity index (χ0) is 30.2. The number of nitrogens with zero attached hydrogens (tertiary/aromatic N) is 4. The maximum atomic E-state index is 2.78. The Balaban J connectivity index is 1.17. The quantitative estimate of drug-likeness (QED) is 0.187. The molecular weight excluding hydrogens is 548 g/mol. The first-order chi connectivity index (χ1) is 22.2. The highest BCUT2D eigenvalue weighted by Crippen LogP contribution is 2.44. The average Bonchev–Trinajstić information content (AvgIpc) is 3.39. The monoisotopic (exact) mass is 590 g/mol. The molecule has 0 spiro atoms. The van der Waals surface area contributed by atoms with Crippen molar-refractivity contribution in [2.45, 2.75) is 24.9 Å². The summed E-state index contributed by atoms with van der Waals surface area (Å²) in [5.41, 5.74) is 9.81. The van der Waals surface area contributed by atoms with Crippen LogP contribution >= 0.6 is 0 Å². The van der Waals surface area contributed by atoms with Crippen LogP contribution in [0.4, 0.5) is 5.69 Å². The van der Waals surface area contributed by atoms with Crippen LogP contribution in [0.5, 0.6) is 0 Å². The molecule has 3 heterocycles. The molecule has 0 amide bonds. The number of hydrogen-bond acceptors (Lipinski definition) is 3. The van der Waals surface area contributed by atoms with Crippen LogP contribution in [0.25, 0.3) is 21.8 Å². The fourth-order valence-corrected chi connectivity index (χ4v) is 8.03. The van der Waals surface area contributed by atoms with Gasteiger partial charge in [0, 0.05) is 92.3 Å². The molecule has 0 unspecified atom stereocenters. The molecule has 4 heteroatoms. The molecule has 0 radical (unpaired) electrons. The molecule has 2 aliphatic rings. The summed E-state index contributed by atoms with van der Waals surface area (Å²) in [5, 5.41) is 2.71. The fourth-order valence-electron chi connectivity index (χ4n) is 8.03. The second-order valence-corrected chi connectivity index (χ2v) is 12.9. The lowest BCUT2D eigenvalue weighted by Gasteiger charge is -2.46. The van der Waals surface area contributed by atoms with E-state index in [1.807, 2.05) is 0 Å². The van der Waals surface area contributed by atoms with E-state index in [2.05, 4.69) is 154 Å². The van der Waals surface area contributed by atoms with Crippen molar-refractivity contribution in [2.24, 2.45) is 7.05 Å². The third-order valence-corrected chi connectivity index (χ3v) is 10.4. The van der Waals surface area contributed by atoms with Crippen LogP contribution in [0, 0.1) is 0 Å². The Morgan fingerprint density at radius 1 is 0.644 bits per heavy atom. The minimum atomic E-state index is 0.305. The Morgan fingerprint density at radius 3 is 2.16 bits per heavy atom. The number of hydrogen-bond donors (Lipinski definition) is 0. The summed E-state index contributed by atoms with van der Waals surface area (Å²) in [6.07, 6.45) is 1.05. The van der Waals surface area contributed by atoms with Crippen molar-refractivity contribution in [2.75, 3.05) is 44.2 Å². The molecule has 0 bridgehead atoms. The van der Waals surface area contributed by atoms with Crippen LogP contribution in [0.15, 0.2) is 127 Å². The van der Waals surface area contributed by atoms with Crippen molar-refractivity contribution in [1.82, 2.24) is 14.4 Å². The van der Waals surface area contributed by atoms with Gasteiger partial charge >= 0.3 is 0 Å². The highest BCUT2D eigenvalue weighted by molar-refractivity contribution is 6.08. The largest absolute Gasteiger partial charge is 0.369 e. The van der Waals surface area contributed by atoms with Crippen molar-refractivity contribution in [3.05, 3.63) is 150 Å². The smallest absolute Gasteiger partial charge is 0.0488 e. The highest BCUT2D eigenvalue weighted by atomic mass is 15.3. The lowest BCUT2D eigenvalue weighted by Crippen LogP contribution is -2.49. The van der Waals surface area contributed by atoms with Gasteiger partial charge in [-0.15, -0.1) is 0 Å². The van der Waals surface area contributed by atoms with Gasteiger partial charge in [-0.25, -0.2) is 0 Å². The van der Waals surface area contributed by atoms with Crippen LogP contribution in [-0.2, 0) is 20.0 Å². The summed E-state index contributed by atoms with van der Waals surface area (Å²) < 4.78 is 2.35. The first-order valence-electron chi connectivity index (χ1n) is 16.6. The Hall–Kier alpha value is -4.38. The zero-order valence-corrected chi connectivity index (χ0v) is 26.2. The molecule has 1 saturated heterocycles. The van der Waals surface area contributed by atoms with Gasteiger partial charge in [-0.3, -0.25) is 9.80 Å². The van der Waals surface area contributed by atoms with Gasteiger partial charge in [0.2, 0.25) is 0 Å². The third kappa shape index (κ3) is 5.43. The van der Waals surface area contributed by atoms with E-state index in [9.17, 15) is 0 Å². The maximum absolute atomic E-state index is 2.78. The van der Waals surface area contributed by atoms with Gasteiger partial charge in [0.05, 0.1) is 0 Å². The van der Waals surface area contributed by atoms with Crippen molar-refractivity contribution in [1.29, 1.82) is 0 Å². The predicted molar refractivity (Wildman–Crippen MR) is 188 cm³/mol. The van der Waals surface area contributed by atoms with Gasteiger partial charge < -0.3 is 9.47 Å². The summed E-state index contributed by atoms with van der Waals surface area (Å²) in [7, 11) is 2.20. The maximum Gasteiger partial charge on any atom is 0.0488 e. The molecule has 0 aliphatic carbocycles. The number of aryl methyl sites for hydroxylation is 1. The highest BCUT2D eigenvalue weighted by Gasteiger charge is 2.37. The van der Waals surface area contributed by atoms with E-state index in [1.165, 1.54) is 49.7 Å². The van der Waals surface area contributed by atoms with E-state index in [1.54, 1.807) is 0 Å². The van der Waals surface area contributed by atoms with Crippen LogP contribution in [0.3, 0.4) is 0 Å². The molecule has 1 aromatic heterocycles. The molecule has 226 valence electrons. The molecule has 0 saturated carbocycles. The Bertz CT molecular complexity index is 1900.